The van der Waals surface area contributed by atoms with E-state index in [1.807, 2.05) is 7.05 Å². The molecular formula is C16H29N3O. The monoisotopic (exact) mass is 279 g/mol. The van der Waals surface area contributed by atoms with E-state index in [0.29, 0.717) is 5.92 Å². The largest absolute Gasteiger partial charge is 0.474 e. The normalized spacial score (nSPS) is 12.5. The average Bonchev–Trinajstić information content (AvgIpc) is 2.43. The van der Waals surface area contributed by atoms with Crippen LogP contribution in [0.3, 0.4) is 0 Å². The van der Waals surface area contributed by atoms with Gasteiger partial charge in [0.25, 0.3) is 0 Å². The molecule has 114 valence electrons. The van der Waals surface area contributed by atoms with Gasteiger partial charge in [-0.3, -0.25) is 0 Å². The molecule has 4 heteroatoms. The van der Waals surface area contributed by atoms with Crippen molar-refractivity contribution in [3.63, 3.8) is 0 Å². The van der Waals surface area contributed by atoms with Crippen molar-refractivity contribution in [3.05, 3.63) is 11.9 Å². The molecule has 1 rings (SSSR count). The Bertz CT molecular complexity index is 393. The van der Waals surface area contributed by atoms with E-state index in [0.717, 1.165) is 23.7 Å². The molecule has 0 radical (unpaired) electrons. The van der Waals surface area contributed by atoms with Crippen LogP contribution in [-0.4, -0.2) is 23.1 Å². The summed E-state index contributed by atoms with van der Waals surface area (Å²) in [5.41, 5.74) is 1.07. The van der Waals surface area contributed by atoms with Crippen LogP contribution in [-0.2, 0) is 0 Å². The molecule has 0 saturated carbocycles. The summed E-state index contributed by atoms with van der Waals surface area (Å²) in [5, 5.41) is 3.12. The van der Waals surface area contributed by atoms with Gasteiger partial charge >= 0.3 is 0 Å². The molecule has 0 aliphatic heterocycles. The lowest BCUT2D eigenvalue weighted by Gasteiger charge is -2.19. The van der Waals surface area contributed by atoms with Crippen LogP contribution in [0.25, 0.3) is 0 Å². The van der Waals surface area contributed by atoms with Crippen molar-refractivity contribution in [2.24, 2.45) is 0 Å². The van der Waals surface area contributed by atoms with Crippen LogP contribution in [0.15, 0.2) is 6.33 Å². The summed E-state index contributed by atoms with van der Waals surface area (Å²) >= 11 is 0. The van der Waals surface area contributed by atoms with Crippen LogP contribution in [0, 0.1) is 0 Å². The third kappa shape index (κ3) is 4.99. The molecule has 0 aliphatic rings. The number of hydrogen-bond donors (Lipinski definition) is 1. The third-order valence-corrected chi connectivity index (χ3v) is 3.44. The second kappa shape index (κ2) is 8.77. The van der Waals surface area contributed by atoms with Gasteiger partial charge < -0.3 is 10.1 Å². The Labute approximate surface area is 123 Å². The van der Waals surface area contributed by atoms with Crippen LogP contribution in [0.1, 0.15) is 71.3 Å². The maximum Gasteiger partial charge on any atom is 0.222 e. The van der Waals surface area contributed by atoms with E-state index in [-0.39, 0.29) is 6.10 Å². The first-order valence-electron chi connectivity index (χ1n) is 7.79. The van der Waals surface area contributed by atoms with Gasteiger partial charge in [0.15, 0.2) is 0 Å². The quantitative estimate of drug-likeness (QED) is 0.681. The number of rotatable bonds is 9. The Kier molecular flexibility index (Phi) is 7.34. The minimum atomic E-state index is 0.198. The number of nitrogens with one attached hydrogen (secondary N) is 1. The zero-order valence-electron chi connectivity index (χ0n) is 13.6. The Hall–Kier alpha value is -1.32. The predicted molar refractivity (Wildman–Crippen MR) is 84.5 cm³/mol. The Morgan fingerprint density at radius 2 is 1.90 bits per heavy atom. The SMILES string of the molecule is CCCCCCC(C)Oc1ncnc(NC)c1C(C)C. The lowest BCUT2D eigenvalue weighted by Crippen LogP contribution is -2.15. The van der Waals surface area contributed by atoms with Gasteiger partial charge in [0.1, 0.15) is 12.1 Å². The molecule has 0 fully saturated rings. The third-order valence-electron chi connectivity index (χ3n) is 3.44. The zero-order chi connectivity index (χ0) is 15.0. The van der Waals surface area contributed by atoms with Crippen molar-refractivity contribution < 1.29 is 4.74 Å². The number of hydrogen-bond acceptors (Lipinski definition) is 4. The maximum atomic E-state index is 6.04. The van der Waals surface area contributed by atoms with Gasteiger partial charge in [0.05, 0.1) is 11.7 Å². The molecule has 1 unspecified atom stereocenters. The van der Waals surface area contributed by atoms with Gasteiger partial charge in [-0.15, -0.1) is 0 Å². The fraction of sp³-hybridized carbons (Fsp3) is 0.750. The Morgan fingerprint density at radius 3 is 2.50 bits per heavy atom. The van der Waals surface area contributed by atoms with Crippen molar-refractivity contribution in [1.82, 2.24) is 9.97 Å². The van der Waals surface area contributed by atoms with Crippen LogP contribution < -0.4 is 10.1 Å². The van der Waals surface area contributed by atoms with E-state index in [4.69, 9.17) is 4.74 Å². The highest BCUT2D eigenvalue weighted by atomic mass is 16.5. The molecule has 20 heavy (non-hydrogen) atoms. The van der Waals surface area contributed by atoms with Gasteiger partial charge in [-0.25, -0.2) is 9.97 Å². The van der Waals surface area contributed by atoms with Crippen LogP contribution in [0.4, 0.5) is 5.82 Å². The van der Waals surface area contributed by atoms with Gasteiger partial charge in [-0.05, 0) is 25.7 Å². The number of anilines is 1. The summed E-state index contributed by atoms with van der Waals surface area (Å²) in [5.74, 6) is 1.92. The summed E-state index contributed by atoms with van der Waals surface area (Å²) in [6.07, 6.45) is 7.92. The van der Waals surface area contributed by atoms with Crippen LogP contribution >= 0.6 is 0 Å². The van der Waals surface area contributed by atoms with E-state index >= 15 is 0 Å². The Morgan fingerprint density at radius 1 is 1.15 bits per heavy atom. The van der Waals surface area contributed by atoms with Crippen molar-refractivity contribution in [1.29, 1.82) is 0 Å². The summed E-state index contributed by atoms with van der Waals surface area (Å²) in [4.78, 5) is 8.59. The highest BCUT2D eigenvalue weighted by Gasteiger charge is 2.17. The summed E-state index contributed by atoms with van der Waals surface area (Å²) in [6.45, 7) is 8.63. The second-order valence-electron chi connectivity index (χ2n) is 5.62. The topological polar surface area (TPSA) is 47.0 Å². The van der Waals surface area contributed by atoms with Gasteiger partial charge in [-0.2, -0.15) is 0 Å². The molecule has 4 nitrogen and oxygen atoms in total. The Balaban J connectivity index is 2.66. The van der Waals surface area contributed by atoms with Crippen molar-refractivity contribution in [2.45, 2.75) is 71.8 Å². The lowest BCUT2D eigenvalue weighted by atomic mass is 10.1. The fourth-order valence-electron chi connectivity index (χ4n) is 2.30. The smallest absolute Gasteiger partial charge is 0.222 e. The standard InChI is InChI=1S/C16H29N3O/c1-6-7-8-9-10-13(4)20-16-14(12(2)3)15(17-5)18-11-19-16/h11-13H,6-10H2,1-5H3,(H,17,18,19). The first-order valence-corrected chi connectivity index (χ1v) is 7.79. The molecule has 0 bridgehead atoms. The average molecular weight is 279 g/mol. The highest BCUT2D eigenvalue weighted by Crippen LogP contribution is 2.30. The minimum Gasteiger partial charge on any atom is -0.474 e. The van der Waals surface area contributed by atoms with E-state index in [1.165, 1.54) is 25.7 Å². The molecule has 1 aromatic heterocycles. The van der Waals surface area contributed by atoms with Gasteiger partial charge in [0.2, 0.25) is 5.88 Å². The molecule has 1 atom stereocenters. The van der Waals surface area contributed by atoms with Gasteiger partial charge in [0, 0.05) is 7.05 Å². The van der Waals surface area contributed by atoms with Crippen LogP contribution in [0.5, 0.6) is 5.88 Å². The summed E-state index contributed by atoms with van der Waals surface area (Å²) in [7, 11) is 1.88. The predicted octanol–water partition coefficient (Wildman–Crippen LogP) is 4.38. The molecule has 0 aromatic carbocycles. The second-order valence-corrected chi connectivity index (χ2v) is 5.62. The molecule has 0 spiro atoms. The number of aromatic nitrogens is 2. The van der Waals surface area contributed by atoms with E-state index in [1.54, 1.807) is 6.33 Å². The summed E-state index contributed by atoms with van der Waals surface area (Å²) in [6, 6.07) is 0. The van der Waals surface area contributed by atoms with E-state index in [9.17, 15) is 0 Å². The highest BCUT2D eigenvalue weighted by molar-refractivity contribution is 5.50. The first kappa shape index (κ1) is 16.7. The van der Waals surface area contributed by atoms with E-state index in [2.05, 4.69) is 43.0 Å². The van der Waals surface area contributed by atoms with Gasteiger partial charge in [-0.1, -0.05) is 40.0 Å². The molecule has 1 aromatic rings. The molecule has 0 aliphatic carbocycles. The molecule has 0 amide bonds. The molecule has 0 saturated heterocycles. The first-order chi connectivity index (χ1) is 9.60. The number of unbranched alkanes of at least 4 members (excludes halogenated alkanes) is 3. The van der Waals surface area contributed by atoms with Crippen molar-refractivity contribution >= 4 is 5.82 Å². The van der Waals surface area contributed by atoms with E-state index < -0.39 is 0 Å². The lowest BCUT2D eigenvalue weighted by molar-refractivity contribution is 0.195. The zero-order valence-corrected chi connectivity index (χ0v) is 13.6. The molecular weight excluding hydrogens is 250 g/mol. The van der Waals surface area contributed by atoms with Crippen LogP contribution in [0.2, 0.25) is 0 Å². The number of nitrogens with zero attached hydrogens (tertiary/aromatic N) is 2. The number of ether oxygens (including phenoxy) is 1. The maximum absolute atomic E-state index is 6.04. The molecule has 1 N–H and O–H groups in total. The minimum absolute atomic E-state index is 0.198. The van der Waals surface area contributed by atoms with Crippen molar-refractivity contribution in [2.75, 3.05) is 12.4 Å². The van der Waals surface area contributed by atoms with Crippen molar-refractivity contribution in [3.8, 4) is 5.88 Å². The summed E-state index contributed by atoms with van der Waals surface area (Å²) < 4.78 is 6.04. The fourth-order valence-corrected chi connectivity index (χ4v) is 2.30. The molecule has 1 heterocycles.